The third-order valence-electron chi connectivity index (χ3n) is 2.72. The van der Waals surface area contributed by atoms with E-state index in [2.05, 4.69) is 5.32 Å². The molecule has 5 nitrogen and oxygen atoms in total. The van der Waals surface area contributed by atoms with Crippen molar-refractivity contribution in [2.24, 2.45) is 0 Å². The maximum atomic E-state index is 11.8. The number of fused-ring (bicyclic) bond motifs is 1. The quantitative estimate of drug-likeness (QED) is 0.801. The van der Waals surface area contributed by atoms with Gasteiger partial charge in [0.2, 0.25) is 5.91 Å². The van der Waals surface area contributed by atoms with Gasteiger partial charge in [-0.3, -0.25) is 19.7 Å². The Morgan fingerprint density at radius 2 is 1.84 bits per heavy atom. The Hall–Kier alpha value is -2.69. The van der Waals surface area contributed by atoms with Gasteiger partial charge in [0.1, 0.15) is 5.75 Å². The fourth-order valence-electron chi connectivity index (χ4n) is 1.92. The van der Waals surface area contributed by atoms with Crippen molar-refractivity contribution >= 4 is 28.9 Å². The summed E-state index contributed by atoms with van der Waals surface area (Å²) in [6.45, 7) is 1.19. The van der Waals surface area contributed by atoms with Crippen LogP contribution >= 0.6 is 0 Å². The number of phenolic OH excluding ortho intramolecular Hbond substituents is 1. The fraction of sp³-hybridized carbons (Fsp3) is 0.0714. The number of carbonyl (C=O) groups excluding carboxylic acids is 3. The number of hydrogen-bond acceptors (Lipinski definition) is 4. The Bertz CT molecular complexity index is 691. The van der Waals surface area contributed by atoms with Gasteiger partial charge in [-0.1, -0.05) is 24.3 Å². The average molecular weight is 257 g/mol. The summed E-state index contributed by atoms with van der Waals surface area (Å²) in [5, 5.41) is 12.9. The van der Waals surface area contributed by atoms with Crippen molar-refractivity contribution in [3.63, 3.8) is 0 Å². The molecule has 2 aromatic carbocycles. The summed E-state index contributed by atoms with van der Waals surface area (Å²) >= 11 is 0. The van der Waals surface area contributed by atoms with Gasteiger partial charge in [0.15, 0.2) is 6.29 Å². The van der Waals surface area contributed by atoms with Crippen LogP contribution in [0.1, 0.15) is 27.6 Å². The molecule has 0 unspecified atom stereocenters. The fourth-order valence-corrected chi connectivity index (χ4v) is 1.92. The van der Waals surface area contributed by atoms with E-state index in [1.807, 2.05) is 0 Å². The van der Waals surface area contributed by atoms with E-state index in [1.54, 1.807) is 24.3 Å². The SMILES string of the molecule is CC(=O)NC(=O)c1cc(O)c2ccccc2c1C=O. The molecule has 0 aliphatic heterocycles. The van der Waals surface area contributed by atoms with Crippen LogP contribution in [0.4, 0.5) is 0 Å². The summed E-state index contributed by atoms with van der Waals surface area (Å²) in [5.74, 6) is -1.36. The summed E-state index contributed by atoms with van der Waals surface area (Å²) in [6, 6.07) is 7.87. The van der Waals surface area contributed by atoms with Gasteiger partial charge in [0.05, 0.1) is 5.56 Å². The zero-order valence-electron chi connectivity index (χ0n) is 10.1. The maximum Gasteiger partial charge on any atom is 0.258 e. The monoisotopic (exact) mass is 257 g/mol. The molecule has 2 amide bonds. The molecule has 0 fully saturated rings. The van der Waals surface area contributed by atoms with Gasteiger partial charge in [-0.25, -0.2) is 0 Å². The second kappa shape index (κ2) is 4.89. The lowest BCUT2D eigenvalue weighted by Crippen LogP contribution is -2.28. The third-order valence-corrected chi connectivity index (χ3v) is 2.72. The molecule has 0 aromatic heterocycles. The predicted molar refractivity (Wildman–Crippen MR) is 69.1 cm³/mol. The molecular weight excluding hydrogens is 246 g/mol. The molecule has 2 aromatic rings. The first kappa shape index (κ1) is 12.8. The van der Waals surface area contributed by atoms with Crippen LogP contribution in [0.25, 0.3) is 10.8 Å². The van der Waals surface area contributed by atoms with Crippen molar-refractivity contribution in [1.82, 2.24) is 5.32 Å². The summed E-state index contributed by atoms with van der Waals surface area (Å²) < 4.78 is 0. The molecule has 0 saturated carbocycles. The first-order chi connectivity index (χ1) is 9.04. The first-order valence-corrected chi connectivity index (χ1v) is 5.56. The minimum absolute atomic E-state index is 0.0265. The number of nitrogens with one attached hydrogen (secondary N) is 1. The van der Waals surface area contributed by atoms with Crippen molar-refractivity contribution in [3.05, 3.63) is 41.5 Å². The molecule has 5 heteroatoms. The van der Waals surface area contributed by atoms with E-state index >= 15 is 0 Å². The Morgan fingerprint density at radius 1 is 1.21 bits per heavy atom. The summed E-state index contributed by atoms with van der Waals surface area (Å²) in [7, 11) is 0. The summed E-state index contributed by atoms with van der Waals surface area (Å²) in [6.07, 6.45) is 0.539. The Kier molecular flexibility index (Phi) is 3.29. The molecule has 0 spiro atoms. The molecule has 0 heterocycles. The van der Waals surface area contributed by atoms with E-state index in [1.165, 1.54) is 13.0 Å². The smallest absolute Gasteiger partial charge is 0.258 e. The molecule has 2 rings (SSSR count). The Morgan fingerprint density at radius 3 is 2.42 bits per heavy atom. The van der Waals surface area contributed by atoms with Crippen molar-refractivity contribution < 1.29 is 19.5 Å². The van der Waals surface area contributed by atoms with Crippen LogP contribution < -0.4 is 5.32 Å². The van der Waals surface area contributed by atoms with Gasteiger partial charge in [-0.15, -0.1) is 0 Å². The minimum Gasteiger partial charge on any atom is -0.507 e. The number of aldehydes is 1. The number of benzene rings is 2. The molecule has 0 saturated heterocycles. The lowest BCUT2D eigenvalue weighted by atomic mass is 9.98. The van der Waals surface area contributed by atoms with E-state index in [4.69, 9.17) is 0 Å². The van der Waals surface area contributed by atoms with Gasteiger partial charge in [-0.2, -0.15) is 0 Å². The van der Waals surface area contributed by atoms with Crippen LogP contribution in [0.5, 0.6) is 5.75 Å². The second-order valence-corrected chi connectivity index (χ2v) is 4.03. The highest BCUT2D eigenvalue weighted by Gasteiger charge is 2.17. The van der Waals surface area contributed by atoms with Crippen molar-refractivity contribution in [3.8, 4) is 5.75 Å². The predicted octanol–water partition coefficient (Wildman–Crippen LogP) is 1.63. The van der Waals surface area contributed by atoms with E-state index in [0.29, 0.717) is 17.1 Å². The Balaban J connectivity index is 2.71. The minimum atomic E-state index is -0.712. The lowest BCUT2D eigenvalue weighted by molar-refractivity contribution is -0.118. The zero-order valence-corrected chi connectivity index (χ0v) is 10.1. The van der Waals surface area contributed by atoms with Crippen LogP contribution in [0, 0.1) is 0 Å². The molecule has 0 aliphatic rings. The van der Waals surface area contributed by atoms with Gasteiger partial charge in [0.25, 0.3) is 5.91 Å². The summed E-state index contributed by atoms with van der Waals surface area (Å²) in [4.78, 5) is 33.9. The normalized spacial score (nSPS) is 10.2. The average Bonchev–Trinajstić information content (AvgIpc) is 2.38. The highest BCUT2D eigenvalue weighted by atomic mass is 16.3. The molecule has 0 bridgehead atoms. The maximum absolute atomic E-state index is 11.8. The van der Waals surface area contributed by atoms with Gasteiger partial charge in [-0.05, 0) is 11.5 Å². The molecule has 0 radical (unpaired) electrons. The molecule has 0 atom stereocenters. The highest BCUT2D eigenvalue weighted by molar-refractivity contribution is 6.14. The zero-order chi connectivity index (χ0) is 14.0. The summed E-state index contributed by atoms with van der Waals surface area (Å²) in [5.41, 5.74) is 0.119. The second-order valence-electron chi connectivity index (χ2n) is 4.03. The van der Waals surface area contributed by atoms with Gasteiger partial charge < -0.3 is 5.11 Å². The van der Waals surface area contributed by atoms with Gasteiger partial charge >= 0.3 is 0 Å². The first-order valence-electron chi connectivity index (χ1n) is 5.56. The molecule has 2 N–H and O–H groups in total. The van der Waals surface area contributed by atoms with Crippen molar-refractivity contribution in [1.29, 1.82) is 0 Å². The van der Waals surface area contributed by atoms with Crippen LogP contribution in [-0.4, -0.2) is 23.2 Å². The molecular formula is C14H11NO4. The number of aromatic hydroxyl groups is 1. The van der Waals surface area contributed by atoms with Crippen molar-refractivity contribution in [2.75, 3.05) is 0 Å². The number of phenols is 1. The lowest BCUT2D eigenvalue weighted by Gasteiger charge is -2.09. The van der Waals surface area contributed by atoms with Crippen LogP contribution in [0.15, 0.2) is 30.3 Å². The van der Waals surface area contributed by atoms with Crippen molar-refractivity contribution in [2.45, 2.75) is 6.92 Å². The third kappa shape index (κ3) is 2.30. The topological polar surface area (TPSA) is 83.5 Å². The van der Waals surface area contributed by atoms with Crippen LogP contribution in [0.3, 0.4) is 0 Å². The number of rotatable bonds is 2. The number of hydrogen-bond donors (Lipinski definition) is 2. The number of amides is 2. The molecule has 19 heavy (non-hydrogen) atoms. The van der Waals surface area contributed by atoms with E-state index < -0.39 is 11.8 Å². The van der Waals surface area contributed by atoms with E-state index in [0.717, 1.165) is 0 Å². The van der Waals surface area contributed by atoms with Crippen LogP contribution in [0.2, 0.25) is 0 Å². The highest BCUT2D eigenvalue weighted by Crippen LogP contribution is 2.29. The standard InChI is InChI=1S/C14H11NO4/c1-8(17)15-14(19)11-6-13(18)10-5-3-2-4-9(10)12(11)7-16/h2-7,18H,1H3,(H,15,17,19). The van der Waals surface area contributed by atoms with Crippen LogP contribution in [-0.2, 0) is 4.79 Å². The largest absolute Gasteiger partial charge is 0.507 e. The molecule has 96 valence electrons. The number of carbonyl (C=O) groups is 3. The van der Waals surface area contributed by atoms with E-state index in [-0.39, 0.29) is 16.9 Å². The van der Waals surface area contributed by atoms with E-state index in [9.17, 15) is 19.5 Å². The molecule has 0 aliphatic carbocycles. The van der Waals surface area contributed by atoms with Gasteiger partial charge in [0, 0.05) is 17.9 Å². The number of imide groups is 1. The Labute approximate surface area is 108 Å².